The topological polar surface area (TPSA) is 46.2 Å². The molecule has 19 heavy (non-hydrogen) atoms. The minimum atomic E-state index is -0.429. The molecule has 0 atom stereocenters. The van der Waals surface area contributed by atoms with Crippen molar-refractivity contribution >= 4 is 24.2 Å². The molecule has 0 fully saturated rings. The van der Waals surface area contributed by atoms with Crippen LogP contribution >= 0.6 is 24.2 Å². The number of phenolic OH excluding ortho intramolecular Hbond substituents is 1. The number of hydrogen-bond donors (Lipinski definition) is 3. The van der Waals surface area contributed by atoms with Crippen LogP contribution in [0.4, 0.5) is 4.39 Å². The second-order valence-corrected chi connectivity index (χ2v) is 4.55. The highest BCUT2D eigenvalue weighted by molar-refractivity contribution is 7.80. The number of nitrogens with two attached hydrogens (primary N) is 1. The van der Waals surface area contributed by atoms with E-state index in [1.165, 1.54) is 18.2 Å². The second-order valence-electron chi connectivity index (χ2n) is 3.66. The summed E-state index contributed by atoms with van der Waals surface area (Å²) in [4.78, 5) is 0.801. The molecule has 0 saturated heterocycles. The van der Waals surface area contributed by atoms with Crippen LogP contribution in [0.2, 0.25) is 0 Å². The maximum absolute atomic E-state index is 13.5. The summed E-state index contributed by atoms with van der Waals surface area (Å²) in [7, 11) is 0. The molecule has 0 aromatic heterocycles. The Morgan fingerprint density at radius 3 is 2.21 bits per heavy atom. The summed E-state index contributed by atoms with van der Waals surface area (Å²) in [5.74, 6) is 0.0869. The molecule has 0 spiro atoms. The summed E-state index contributed by atoms with van der Waals surface area (Å²) in [5, 5.41) is 9.55. The zero-order valence-electron chi connectivity index (χ0n) is 10.2. The van der Waals surface area contributed by atoms with Crippen LogP contribution in [-0.4, -0.2) is 17.5 Å². The van der Waals surface area contributed by atoms with Gasteiger partial charge in [-0.2, -0.15) is 0 Å². The molecule has 2 aromatic rings. The first-order valence-corrected chi connectivity index (χ1v) is 6.61. The Hall–Kier alpha value is -1.23. The minimum Gasteiger partial charge on any atom is -0.507 e. The number of hydrogen-bond acceptors (Lipinski definition) is 3. The summed E-state index contributed by atoms with van der Waals surface area (Å²) in [6.07, 6.45) is 0. The van der Waals surface area contributed by atoms with Gasteiger partial charge in [-0.05, 0) is 29.8 Å². The fraction of sp³-hybridized carbons (Fsp3) is 0.143. The monoisotopic (exact) mass is 299 g/mol. The van der Waals surface area contributed by atoms with Crippen LogP contribution in [-0.2, 0) is 0 Å². The average molecular weight is 300 g/mol. The van der Waals surface area contributed by atoms with E-state index in [0.717, 1.165) is 4.90 Å². The van der Waals surface area contributed by atoms with Gasteiger partial charge in [0.15, 0.2) is 0 Å². The normalized spacial score (nSPS) is 9.68. The van der Waals surface area contributed by atoms with E-state index in [-0.39, 0.29) is 11.3 Å². The molecule has 0 amide bonds. The Labute approximate surface area is 122 Å². The third-order valence-electron chi connectivity index (χ3n) is 2.26. The molecular weight excluding hydrogens is 285 g/mol. The summed E-state index contributed by atoms with van der Waals surface area (Å²) in [6, 6.07) is 11.2. The van der Waals surface area contributed by atoms with Crippen molar-refractivity contribution in [3.8, 4) is 16.9 Å². The Morgan fingerprint density at radius 2 is 1.74 bits per heavy atom. The second kappa shape index (κ2) is 8.04. The van der Waals surface area contributed by atoms with Crippen molar-refractivity contribution < 1.29 is 9.50 Å². The van der Waals surface area contributed by atoms with Gasteiger partial charge in [0.1, 0.15) is 11.6 Å². The highest BCUT2D eigenvalue weighted by Gasteiger charge is 2.09. The van der Waals surface area contributed by atoms with E-state index in [0.29, 0.717) is 18.0 Å². The fourth-order valence-corrected chi connectivity index (χ4v) is 1.58. The average Bonchev–Trinajstić information content (AvgIpc) is 2.41. The van der Waals surface area contributed by atoms with Gasteiger partial charge >= 0.3 is 0 Å². The molecule has 0 bridgehead atoms. The van der Waals surface area contributed by atoms with Crippen molar-refractivity contribution in [3.63, 3.8) is 0 Å². The van der Waals surface area contributed by atoms with Crippen LogP contribution in [0.3, 0.4) is 0 Å². The third kappa shape index (κ3) is 4.74. The number of rotatable bonds is 2. The zero-order chi connectivity index (χ0) is 14.3. The third-order valence-corrected chi connectivity index (χ3v) is 2.77. The predicted octanol–water partition coefficient (Wildman–Crippen LogP) is 3.67. The van der Waals surface area contributed by atoms with E-state index in [2.05, 4.69) is 12.6 Å². The Kier molecular flexibility index (Phi) is 6.70. The molecule has 5 heteroatoms. The number of phenols is 1. The largest absolute Gasteiger partial charge is 0.507 e. The smallest absolute Gasteiger partial charge is 0.134 e. The zero-order valence-corrected chi connectivity index (χ0v) is 11.8. The summed E-state index contributed by atoms with van der Waals surface area (Å²) in [5.41, 5.74) is 5.77. The molecule has 2 rings (SSSR count). The molecule has 102 valence electrons. The van der Waals surface area contributed by atoms with E-state index in [4.69, 9.17) is 17.3 Å². The summed E-state index contributed by atoms with van der Waals surface area (Å²) < 4.78 is 13.5. The first kappa shape index (κ1) is 15.8. The van der Waals surface area contributed by atoms with Gasteiger partial charge in [-0.1, -0.05) is 18.2 Å². The lowest BCUT2D eigenvalue weighted by molar-refractivity contribution is 0.472. The van der Waals surface area contributed by atoms with Crippen molar-refractivity contribution in [1.29, 1.82) is 0 Å². The van der Waals surface area contributed by atoms with Gasteiger partial charge < -0.3 is 10.8 Å². The molecule has 0 saturated carbocycles. The summed E-state index contributed by atoms with van der Waals surface area (Å²) in [6.45, 7) is 0.585. The molecule has 0 aliphatic heterocycles. The Bertz CT molecular complexity index is 497. The van der Waals surface area contributed by atoms with Gasteiger partial charge in [0.05, 0.1) is 5.56 Å². The van der Waals surface area contributed by atoms with E-state index in [1.807, 2.05) is 0 Å². The van der Waals surface area contributed by atoms with E-state index in [1.54, 1.807) is 24.3 Å². The van der Waals surface area contributed by atoms with Crippen LogP contribution in [0.5, 0.6) is 5.75 Å². The van der Waals surface area contributed by atoms with Crippen LogP contribution in [0.25, 0.3) is 11.1 Å². The minimum absolute atomic E-state index is 0.0538. The number of aromatic hydroxyl groups is 1. The maximum atomic E-state index is 13.5. The van der Waals surface area contributed by atoms with Crippen molar-refractivity contribution in [2.24, 2.45) is 5.73 Å². The van der Waals surface area contributed by atoms with Gasteiger partial charge in [-0.25, -0.2) is 4.39 Å². The molecule has 0 aliphatic carbocycles. The number of halogens is 2. The van der Waals surface area contributed by atoms with Gasteiger partial charge in [0.2, 0.25) is 0 Å². The highest BCUT2D eigenvalue weighted by Crippen LogP contribution is 2.31. The quantitative estimate of drug-likeness (QED) is 0.585. The number of thiol groups is 1. The van der Waals surface area contributed by atoms with Crippen molar-refractivity contribution in [2.45, 2.75) is 4.90 Å². The molecule has 0 aliphatic rings. The van der Waals surface area contributed by atoms with Crippen LogP contribution in [0.15, 0.2) is 47.4 Å². The maximum Gasteiger partial charge on any atom is 0.134 e. The van der Waals surface area contributed by atoms with Crippen molar-refractivity contribution in [3.05, 3.63) is 48.3 Å². The molecule has 0 heterocycles. The summed E-state index contributed by atoms with van der Waals surface area (Å²) >= 11 is 9.20. The highest BCUT2D eigenvalue weighted by atomic mass is 35.5. The number of alkyl halides is 1. The van der Waals surface area contributed by atoms with E-state index >= 15 is 0 Å². The van der Waals surface area contributed by atoms with Gasteiger partial charge in [0, 0.05) is 17.3 Å². The van der Waals surface area contributed by atoms with E-state index < -0.39 is 5.82 Å². The molecule has 2 nitrogen and oxygen atoms in total. The Balaban J connectivity index is 0.000000399. The lowest BCUT2D eigenvalue weighted by Gasteiger charge is -2.05. The molecule has 2 aromatic carbocycles. The molecule has 3 N–H and O–H groups in total. The molecular formula is C14H15ClFNOS. The first-order valence-electron chi connectivity index (χ1n) is 5.63. The van der Waals surface area contributed by atoms with Gasteiger partial charge in [0.25, 0.3) is 0 Å². The van der Waals surface area contributed by atoms with Crippen molar-refractivity contribution in [1.82, 2.24) is 0 Å². The van der Waals surface area contributed by atoms with Crippen LogP contribution in [0.1, 0.15) is 0 Å². The first-order chi connectivity index (χ1) is 9.10. The van der Waals surface area contributed by atoms with Crippen molar-refractivity contribution in [2.75, 3.05) is 12.4 Å². The standard InChI is InChI=1S/C12H9FOS.C2H6ClN/c13-10-2-1-3-11(14)12(10)8-4-6-9(15)7-5-8;3-1-2-4/h1-7,14-15H;1-2,4H2. The fourth-order valence-electron chi connectivity index (χ4n) is 1.43. The lowest BCUT2D eigenvalue weighted by atomic mass is 10.0. The predicted molar refractivity (Wildman–Crippen MR) is 80.5 cm³/mol. The van der Waals surface area contributed by atoms with Crippen LogP contribution < -0.4 is 5.73 Å². The van der Waals surface area contributed by atoms with Gasteiger partial charge in [-0.15, -0.1) is 24.2 Å². The van der Waals surface area contributed by atoms with Crippen LogP contribution in [0, 0.1) is 5.82 Å². The SMILES string of the molecule is NCCCl.Oc1cccc(F)c1-c1ccc(S)cc1. The van der Waals surface area contributed by atoms with E-state index in [9.17, 15) is 9.50 Å². The molecule has 0 radical (unpaired) electrons. The van der Waals surface area contributed by atoms with Gasteiger partial charge in [-0.3, -0.25) is 0 Å². The number of benzene rings is 2. The Morgan fingerprint density at radius 1 is 1.16 bits per heavy atom. The molecule has 0 unspecified atom stereocenters. The lowest BCUT2D eigenvalue weighted by Crippen LogP contribution is -1.97.